The highest BCUT2D eigenvalue weighted by molar-refractivity contribution is 5.63. The minimum Gasteiger partial charge on any atom is -0.329 e. The van der Waals surface area contributed by atoms with Gasteiger partial charge >= 0.3 is 0 Å². The summed E-state index contributed by atoms with van der Waals surface area (Å²) in [7, 11) is 2.03. The van der Waals surface area contributed by atoms with Crippen molar-refractivity contribution in [1.29, 1.82) is 0 Å². The molecule has 1 atom stereocenters. The van der Waals surface area contributed by atoms with Crippen LogP contribution in [0.4, 0.5) is 11.5 Å². The summed E-state index contributed by atoms with van der Waals surface area (Å²) in [6.07, 6.45) is 1.85. The third-order valence-electron chi connectivity index (χ3n) is 3.35. The summed E-state index contributed by atoms with van der Waals surface area (Å²) in [6, 6.07) is 10.5. The molecule has 0 aliphatic carbocycles. The second-order valence-corrected chi connectivity index (χ2v) is 5.09. The maximum absolute atomic E-state index is 5.84. The highest BCUT2D eigenvalue weighted by Crippen LogP contribution is 2.26. The molecule has 0 saturated heterocycles. The van der Waals surface area contributed by atoms with Gasteiger partial charge in [0.1, 0.15) is 5.82 Å². The van der Waals surface area contributed by atoms with Crippen LogP contribution in [0, 0.1) is 13.8 Å². The van der Waals surface area contributed by atoms with Crippen LogP contribution in [0.25, 0.3) is 0 Å². The van der Waals surface area contributed by atoms with E-state index in [4.69, 9.17) is 5.73 Å². The zero-order chi connectivity index (χ0) is 14.0. The van der Waals surface area contributed by atoms with Gasteiger partial charge in [-0.25, -0.2) is 4.98 Å². The summed E-state index contributed by atoms with van der Waals surface area (Å²) < 4.78 is 0. The van der Waals surface area contributed by atoms with E-state index in [1.807, 2.05) is 32.3 Å². The maximum Gasteiger partial charge on any atom is 0.132 e. The summed E-state index contributed by atoms with van der Waals surface area (Å²) in [4.78, 5) is 6.58. The highest BCUT2D eigenvalue weighted by atomic mass is 15.2. The molecular formula is C16H21N3. The van der Waals surface area contributed by atoms with Crippen molar-refractivity contribution >= 4 is 11.5 Å². The van der Waals surface area contributed by atoms with Crippen LogP contribution in [0.2, 0.25) is 0 Å². The normalized spacial score (nSPS) is 12.3. The lowest BCUT2D eigenvalue weighted by Gasteiger charge is -2.21. The van der Waals surface area contributed by atoms with Crippen molar-refractivity contribution in [1.82, 2.24) is 4.98 Å². The van der Waals surface area contributed by atoms with Crippen LogP contribution in [-0.4, -0.2) is 12.0 Å². The van der Waals surface area contributed by atoms with E-state index >= 15 is 0 Å². The van der Waals surface area contributed by atoms with E-state index in [0.717, 1.165) is 11.4 Å². The van der Waals surface area contributed by atoms with Gasteiger partial charge in [-0.2, -0.15) is 0 Å². The second kappa shape index (κ2) is 5.41. The predicted molar refractivity (Wildman–Crippen MR) is 80.8 cm³/mol. The van der Waals surface area contributed by atoms with Gasteiger partial charge in [0, 0.05) is 25.0 Å². The zero-order valence-electron chi connectivity index (χ0n) is 12.0. The summed E-state index contributed by atoms with van der Waals surface area (Å²) in [6.45, 7) is 6.19. The van der Waals surface area contributed by atoms with Gasteiger partial charge in [-0.1, -0.05) is 23.8 Å². The molecule has 3 nitrogen and oxygen atoms in total. The number of aryl methyl sites for hydroxylation is 2. The quantitative estimate of drug-likeness (QED) is 0.913. The molecular weight excluding hydrogens is 234 g/mol. The minimum absolute atomic E-state index is 0.0213. The van der Waals surface area contributed by atoms with E-state index in [-0.39, 0.29) is 6.04 Å². The Bertz CT molecular complexity index is 559. The van der Waals surface area contributed by atoms with Crippen molar-refractivity contribution in [2.24, 2.45) is 5.73 Å². The molecule has 0 fully saturated rings. The first-order chi connectivity index (χ1) is 8.99. The SMILES string of the molecule is Cc1ccc(N(C)c2ccc([C@@H](C)N)cn2)c(C)c1. The molecule has 19 heavy (non-hydrogen) atoms. The molecule has 0 amide bonds. The van der Waals surface area contributed by atoms with Gasteiger partial charge < -0.3 is 10.6 Å². The van der Waals surface area contributed by atoms with Gasteiger partial charge in [0.05, 0.1) is 0 Å². The lowest BCUT2D eigenvalue weighted by atomic mass is 10.1. The van der Waals surface area contributed by atoms with Crippen LogP contribution in [0.15, 0.2) is 36.5 Å². The molecule has 2 rings (SSSR count). The lowest BCUT2D eigenvalue weighted by Crippen LogP contribution is -2.13. The molecule has 2 N–H and O–H groups in total. The smallest absolute Gasteiger partial charge is 0.132 e. The molecule has 0 unspecified atom stereocenters. The van der Waals surface area contributed by atoms with Crippen molar-refractivity contribution < 1.29 is 0 Å². The van der Waals surface area contributed by atoms with Gasteiger partial charge in [0.2, 0.25) is 0 Å². The average molecular weight is 255 g/mol. The maximum atomic E-state index is 5.84. The van der Waals surface area contributed by atoms with Gasteiger partial charge in [-0.05, 0) is 44.0 Å². The molecule has 0 saturated carbocycles. The Labute approximate surface area is 115 Å². The Morgan fingerprint density at radius 1 is 1.16 bits per heavy atom. The van der Waals surface area contributed by atoms with E-state index in [9.17, 15) is 0 Å². The highest BCUT2D eigenvalue weighted by Gasteiger charge is 2.09. The van der Waals surface area contributed by atoms with Crippen LogP contribution in [0.1, 0.15) is 29.7 Å². The molecule has 0 aliphatic heterocycles. The first-order valence-electron chi connectivity index (χ1n) is 6.51. The number of benzene rings is 1. The third kappa shape index (κ3) is 2.93. The van der Waals surface area contributed by atoms with E-state index in [0.29, 0.717) is 0 Å². The second-order valence-electron chi connectivity index (χ2n) is 5.09. The zero-order valence-corrected chi connectivity index (χ0v) is 12.0. The first kappa shape index (κ1) is 13.6. The van der Waals surface area contributed by atoms with Crippen molar-refractivity contribution in [2.75, 3.05) is 11.9 Å². The third-order valence-corrected chi connectivity index (χ3v) is 3.35. The largest absolute Gasteiger partial charge is 0.329 e. The van der Waals surface area contributed by atoms with E-state index < -0.39 is 0 Å². The topological polar surface area (TPSA) is 42.1 Å². The lowest BCUT2D eigenvalue weighted by molar-refractivity contribution is 0.811. The van der Waals surface area contributed by atoms with Crippen LogP contribution >= 0.6 is 0 Å². The Balaban J connectivity index is 2.30. The van der Waals surface area contributed by atoms with Gasteiger partial charge in [0.15, 0.2) is 0 Å². The number of hydrogen-bond donors (Lipinski definition) is 1. The first-order valence-corrected chi connectivity index (χ1v) is 6.51. The molecule has 1 aromatic heterocycles. The fraction of sp³-hybridized carbons (Fsp3) is 0.312. The Morgan fingerprint density at radius 3 is 2.42 bits per heavy atom. The Hall–Kier alpha value is -1.87. The fourth-order valence-electron chi connectivity index (χ4n) is 2.17. The van der Waals surface area contributed by atoms with Crippen molar-refractivity contribution in [3.63, 3.8) is 0 Å². The summed E-state index contributed by atoms with van der Waals surface area (Å²) in [5.41, 5.74) is 10.6. The number of aromatic nitrogens is 1. The molecule has 0 aliphatic rings. The monoisotopic (exact) mass is 255 g/mol. The average Bonchev–Trinajstić information content (AvgIpc) is 2.38. The van der Waals surface area contributed by atoms with Crippen molar-refractivity contribution in [3.8, 4) is 0 Å². The van der Waals surface area contributed by atoms with Gasteiger partial charge in [-0.15, -0.1) is 0 Å². The number of pyridine rings is 1. The van der Waals surface area contributed by atoms with Crippen LogP contribution in [0.5, 0.6) is 0 Å². The molecule has 0 radical (unpaired) electrons. The summed E-state index contributed by atoms with van der Waals surface area (Å²) in [5.74, 6) is 0.927. The summed E-state index contributed by atoms with van der Waals surface area (Å²) in [5, 5.41) is 0. The Morgan fingerprint density at radius 2 is 1.89 bits per heavy atom. The van der Waals surface area contributed by atoms with Gasteiger partial charge in [-0.3, -0.25) is 0 Å². The fourth-order valence-corrected chi connectivity index (χ4v) is 2.17. The van der Waals surface area contributed by atoms with Crippen LogP contribution < -0.4 is 10.6 Å². The van der Waals surface area contributed by atoms with Crippen molar-refractivity contribution in [3.05, 3.63) is 53.2 Å². The van der Waals surface area contributed by atoms with Crippen molar-refractivity contribution in [2.45, 2.75) is 26.8 Å². The minimum atomic E-state index is 0.0213. The number of nitrogens with zero attached hydrogens (tertiary/aromatic N) is 2. The summed E-state index contributed by atoms with van der Waals surface area (Å²) >= 11 is 0. The van der Waals surface area contributed by atoms with E-state index in [1.165, 1.54) is 16.8 Å². The Kier molecular flexibility index (Phi) is 3.86. The molecule has 1 aromatic carbocycles. The number of hydrogen-bond acceptors (Lipinski definition) is 3. The number of anilines is 2. The van der Waals surface area contributed by atoms with E-state index in [2.05, 4.69) is 41.9 Å². The molecule has 2 aromatic rings. The van der Waals surface area contributed by atoms with Crippen LogP contribution in [0.3, 0.4) is 0 Å². The predicted octanol–water partition coefficient (Wildman–Crippen LogP) is 3.49. The standard InChI is InChI=1S/C16H21N3/c1-11-5-7-15(12(2)9-11)19(4)16-8-6-14(10-18-16)13(3)17/h5-10,13H,17H2,1-4H3/t13-/m1/s1. The van der Waals surface area contributed by atoms with E-state index in [1.54, 1.807) is 0 Å². The number of rotatable bonds is 3. The molecule has 0 spiro atoms. The molecule has 1 heterocycles. The molecule has 0 bridgehead atoms. The van der Waals surface area contributed by atoms with Crippen LogP contribution in [-0.2, 0) is 0 Å². The number of nitrogens with two attached hydrogens (primary N) is 1. The van der Waals surface area contributed by atoms with Gasteiger partial charge in [0.25, 0.3) is 0 Å². The molecule has 100 valence electrons. The molecule has 3 heteroatoms.